The maximum atomic E-state index is 12.2. The zero-order chi connectivity index (χ0) is 18.3. The number of hydrogen-bond donors (Lipinski definition) is 2. The molecule has 0 spiro atoms. The van der Waals surface area contributed by atoms with Crippen molar-refractivity contribution in [3.63, 3.8) is 0 Å². The van der Waals surface area contributed by atoms with Gasteiger partial charge >= 0.3 is 0 Å². The first-order chi connectivity index (χ1) is 11.9. The fourth-order valence-corrected chi connectivity index (χ4v) is 2.49. The molecule has 1 atom stereocenters. The fraction of sp³-hybridized carbons (Fsp3) is 0.350. The van der Waals surface area contributed by atoms with Gasteiger partial charge in [-0.2, -0.15) is 0 Å². The Labute approximate surface area is 148 Å². The Morgan fingerprint density at radius 1 is 1.08 bits per heavy atom. The van der Waals surface area contributed by atoms with Gasteiger partial charge in [-0.1, -0.05) is 12.1 Å². The van der Waals surface area contributed by atoms with Gasteiger partial charge in [0.2, 0.25) is 0 Å². The number of benzene rings is 2. The number of ether oxygens (including phenoxy) is 2. The molecule has 0 aliphatic heterocycles. The molecule has 2 aromatic rings. The summed E-state index contributed by atoms with van der Waals surface area (Å²) in [5.74, 6) is 1.27. The average molecular weight is 343 g/mol. The molecule has 0 aromatic heterocycles. The number of aliphatic hydroxyl groups is 1. The van der Waals surface area contributed by atoms with Crippen LogP contribution in [0.25, 0.3) is 0 Å². The van der Waals surface area contributed by atoms with Gasteiger partial charge in [0.05, 0.1) is 19.3 Å². The minimum Gasteiger partial charge on any atom is -0.497 e. The Hall–Kier alpha value is -2.53. The van der Waals surface area contributed by atoms with Crippen molar-refractivity contribution >= 4 is 5.91 Å². The molecule has 5 nitrogen and oxygen atoms in total. The minimum atomic E-state index is -1.05. The van der Waals surface area contributed by atoms with Gasteiger partial charge in [0.25, 0.3) is 5.91 Å². The Balaban J connectivity index is 1.90. The van der Waals surface area contributed by atoms with Gasteiger partial charge in [-0.3, -0.25) is 4.79 Å². The van der Waals surface area contributed by atoms with Crippen LogP contribution in [0.15, 0.2) is 48.5 Å². The van der Waals surface area contributed by atoms with E-state index < -0.39 is 5.60 Å². The normalized spacial score (nSPS) is 13.0. The third kappa shape index (κ3) is 5.80. The first kappa shape index (κ1) is 18.8. The summed E-state index contributed by atoms with van der Waals surface area (Å²) in [6.45, 7) is 4.35. The predicted octanol–water partition coefficient (Wildman–Crippen LogP) is 2.82. The third-order valence-electron chi connectivity index (χ3n) is 3.80. The van der Waals surface area contributed by atoms with Crippen molar-refractivity contribution in [2.24, 2.45) is 0 Å². The van der Waals surface area contributed by atoms with Crippen molar-refractivity contribution in [2.45, 2.75) is 25.9 Å². The lowest BCUT2D eigenvalue weighted by atomic mass is 9.96. The number of amides is 1. The number of carbonyl (C=O) groups excluding carboxylic acids is 1. The molecule has 1 amide bonds. The largest absolute Gasteiger partial charge is 0.497 e. The number of nitrogens with one attached hydrogen (secondary N) is 1. The highest BCUT2D eigenvalue weighted by molar-refractivity contribution is 5.94. The van der Waals surface area contributed by atoms with Crippen LogP contribution in [0.1, 0.15) is 29.8 Å². The Morgan fingerprint density at radius 3 is 2.24 bits per heavy atom. The van der Waals surface area contributed by atoms with Gasteiger partial charge in [0, 0.05) is 18.5 Å². The zero-order valence-corrected chi connectivity index (χ0v) is 14.9. The predicted molar refractivity (Wildman–Crippen MR) is 97.3 cm³/mol. The van der Waals surface area contributed by atoms with Crippen molar-refractivity contribution < 1.29 is 19.4 Å². The highest BCUT2D eigenvalue weighted by Crippen LogP contribution is 2.17. The van der Waals surface area contributed by atoms with Gasteiger partial charge in [0.15, 0.2) is 0 Å². The first-order valence-electron chi connectivity index (χ1n) is 8.30. The fourth-order valence-electron chi connectivity index (χ4n) is 2.49. The molecule has 5 heteroatoms. The van der Waals surface area contributed by atoms with Gasteiger partial charge in [-0.25, -0.2) is 0 Å². The molecule has 0 bridgehead atoms. The molecule has 0 fully saturated rings. The zero-order valence-electron chi connectivity index (χ0n) is 14.9. The van der Waals surface area contributed by atoms with E-state index >= 15 is 0 Å². The second kappa shape index (κ2) is 8.53. The number of methoxy groups -OCH3 is 1. The molecule has 0 radical (unpaired) electrons. The Kier molecular flexibility index (Phi) is 6.42. The molecule has 1 unspecified atom stereocenters. The molecule has 0 heterocycles. The summed E-state index contributed by atoms with van der Waals surface area (Å²) in [5.41, 5.74) is 0.458. The molecule has 0 aliphatic rings. The van der Waals surface area contributed by atoms with Crippen LogP contribution >= 0.6 is 0 Å². The molecule has 2 aromatic carbocycles. The van der Waals surface area contributed by atoms with E-state index in [2.05, 4.69) is 5.32 Å². The van der Waals surface area contributed by atoms with Crippen LogP contribution in [0, 0.1) is 0 Å². The van der Waals surface area contributed by atoms with Crippen LogP contribution in [0.2, 0.25) is 0 Å². The van der Waals surface area contributed by atoms with E-state index in [9.17, 15) is 9.90 Å². The summed E-state index contributed by atoms with van der Waals surface area (Å²) in [6.07, 6.45) is 0.431. The van der Waals surface area contributed by atoms with Crippen molar-refractivity contribution in [3.8, 4) is 11.5 Å². The van der Waals surface area contributed by atoms with E-state index in [1.807, 2.05) is 31.2 Å². The van der Waals surface area contributed by atoms with Gasteiger partial charge in [0.1, 0.15) is 11.5 Å². The highest BCUT2D eigenvalue weighted by atomic mass is 16.5. The van der Waals surface area contributed by atoms with Crippen LogP contribution in [-0.4, -0.2) is 36.9 Å². The van der Waals surface area contributed by atoms with Gasteiger partial charge < -0.3 is 19.9 Å². The summed E-state index contributed by atoms with van der Waals surface area (Å²) in [6, 6.07) is 14.4. The second-order valence-corrected chi connectivity index (χ2v) is 6.16. The lowest BCUT2D eigenvalue weighted by Gasteiger charge is -2.24. The number of rotatable bonds is 8. The Morgan fingerprint density at radius 2 is 1.68 bits per heavy atom. The SMILES string of the molecule is CCOc1ccc(C(=O)NCC(C)(O)Cc2ccc(OC)cc2)cc1. The van der Waals surface area contributed by atoms with E-state index in [1.54, 1.807) is 38.3 Å². The van der Waals surface area contributed by atoms with Crippen LogP contribution in [0.5, 0.6) is 11.5 Å². The van der Waals surface area contributed by atoms with Gasteiger partial charge in [-0.15, -0.1) is 0 Å². The summed E-state index contributed by atoms with van der Waals surface area (Å²) in [7, 11) is 1.61. The highest BCUT2D eigenvalue weighted by Gasteiger charge is 2.22. The number of hydrogen-bond acceptors (Lipinski definition) is 4. The maximum Gasteiger partial charge on any atom is 0.251 e. The molecule has 0 aliphatic carbocycles. The lowest BCUT2D eigenvalue weighted by Crippen LogP contribution is -2.42. The van der Waals surface area contributed by atoms with E-state index in [4.69, 9.17) is 9.47 Å². The topological polar surface area (TPSA) is 67.8 Å². The van der Waals surface area contributed by atoms with Crippen molar-refractivity contribution in [1.29, 1.82) is 0 Å². The van der Waals surface area contributed by atoms with Crippen LogP contribution in [0.4, 0.5) is 0 Å². The molecule has 0 saturated heterocycles. The van der Waals surface area contributed by atoms with E-state index in [-0.39, 0.29) is 12.5 Å². The molecule has 25 heavy (non-hydrogen) atoms. The number of carbonyl (C=O) groups is 1. The molecule has 2 N–H and O–H groups in total. The van der Waals surface area contributed by atoms with Crippen LogP contribution < -0.4 is 14.8 Å². The average Bonchev–Trinajstić information content (AvgIpc) is 2.61. The van der Waals surface area contributed by atoms with Crippen LogP contribution in [0.3, 0.4) is 0 Å². The minimum absolute atomic E-state index is 0.158. The molecule has 2 rings (SSSR count). The summed E-state index contributed by atoms with van der Waals surface area (Å²) < 4.78 is 10.5. The summed E-state index contributed by atoms with van der Waals surface area (Å²) in [4.78, 5) is 12.2. The van der Waals surface area contributed by atoms with Crippen molar-refractivity contribution in [1.82, 2.24) is 5.32 Å². The molecule has 134 valence electrons. The van der Waals surface area contributed by atoms with E-state index in [0.717, 1.165) is 17.1 Å². The standard InChI is InChI=1S/C20H25NO4/c1-4-25-18-11-7-16(8-12-18)19(22)21-14-20(2,23)13-15-5-9-17(24-3)10-6-15/h5-12,23H,4,13-14H2,1-3H3,(H,21,22). The maximum absolute atomic E-state index is 12.2. The van der Waals surface area contributed by atoms with Gasteiger partial charge in [-0.05, 0) is 55.8 Å². The van der Waals surface area contributed by atoms with Crippen molar-refractivity contribution in [2.75, 3.05) is 20.3 Å². The second-order valence-electron chi connectivity index (χ2n) is 6.16. The third-order valence-corrected chi connectivity index (χ3v) is 3.80. The Bertz CT molecular complexity index is 678. The summed E-state index contributed by atoms with van der Waals surface area (Å²) in [5, 5.41) is 13.3. The molecule has 0 saturated carbocycles. The summed E-state index contributed by atoms with van der Waals surface area (Å²) >= 11 is 0. The first-order valence-corrected chi connectivity index (χ1v) is 8.30. The molecular weight excluding hydrogens is 318 g/mol. The lowest BCUT2D eigenvalue weighted by molar-refractivity contribution is 0.0552. The van der Waals surface area contributed by atoms with Crippen LogP contribution in [-0.2, 0) is 6.42 Å². The monoisotopic (exact) mass is 343 g/mol. The quantitative estimate of drug-likeness (QED) is 0.773. The van der Waals surface area contributed by atoms with E-state index in [1.165, 1.54) is 0 Å². The molecular formula is C20H25NO4. The van der Waals surface area contributed by atoms with Crippen molar-refractivity contribution in [3.05, 3.63) is 59.7 Å². The smallest absolute Gasteiger partial charge is 0.251 e. The van der Waals surface area contributed by atoms with E-state index in [0.29, 0.717) is 18.6 Å².